The molecule has 8 heteroatoms. The number of carbonyl (C=O) groups excluding carboxylic acids is 2. The summed E-state index contributed by atoms with van der Waals surface area (Å²) in [4.78, 5) is 23.6. The number of halogens is 4. The van der Waals surface area contributed by atoms with Gasteiger partial charge in [-0.3, -0.25) is 9.59 Å². The fraction of sp³-hybridized carbons (Fsp3) is 0.846. The standard InChI is InChI=1S/C13H14F3IO4/c1-2-7(17)10(18)20-8-5-3-6-9(8)21-11(19)12(6,4-5)13(14,15)16/h5-9H,2-4H2,1H3. The Morgan fingerprint density at radius 3 is 2.81 bits per heavy atom. The van der Waals surface area contributed by atoms with E-state index in [9.17, 15) is 22.8 Å². The largest absolute Gasteiger partial charge is 0.457 e. The summed E-state index contributed by atoms with van der Waals surface area (Å²) >= 11 is 1.94. The smallest absolute Gasteiger partial charge is 0.405 e. The van der Waals surface area contributed by atoms with Gasteiger partial charge >= 0.3 is 18.1 Å². The van der Waals surface area contributed by atoms with Gasteiger partial charge in [-0.15, -0.1) is 0 Å². The molecule has 0 aromatic carbocycles. The minimum atomic E-state index is -4.61. The Morgan fingerprint density at radius 1 is 1.57 bits per heavy atom. The first-order valence-corrected chi connectivity index (χ1v) is 8.09. The molecule has 0 aromatic rings. The first kappa shape index (κ1) is 15.4. The lowest BCUT2D eigenvalue weighted by molar-refractivity contribution is -0.231. The van der Waals surface area contributed by atoms with Gasteiger partial charge in [0.25, 0.3) is 0 Å². The number of esters is 2. The second kappa shape index (κ2) is 4.73. The van der Waals surface area contributed by atoms with Gasteiger partial charge in [0, 0.05) is 11.8 Å². The highest BCUT2D eigenvalue weighted by atomic mass is 127. The molecule has 118 valence electrons. The van der Waals surface area contributed by atoms with E-state index in [4.69, 9.17) is 9.47 Å². The highest BCUT2D eigenvalue weighted by Gasteiger charge is 2.80. The zero-order chi connectivity index (χ0) is 15.6. The van der Waals surface area contributed by atoms with E-state index >= 15 is 0 Å². The van der Waals surface area contributed by atoms with E-state index in [0.717, 1.165) is 0 Å². The Hall–Kier alpha value is -0.540. The lowest BCUT2D eigenvalue weighted by Crippen LogP contribution is -2.48. The van der Waals surface area contributed by atoms with Crippen molar-refractivity contribution in [1.29, 1.82) is 0 Å². The maximum atomic E-state index is 13.3. The average molecular weight is 418 g/mol. The first-order chi connectivity index (χ1) is 9.72. The molecule has 3 aliphatic rings. The highest BCUT2D eigenvalue weighted by Crippen LogP contribution is 2.67. The fourth-order valence-electron chi connectivity index (χ4n) is 3.93. The van der Waals surface area contributed by atoms with Crippen LogP contribution < -0.4 is 0 Å². The molecule has 0 amide bonds. The molecule has 0 aromatic heterocycles. The fourth-order valence-corrected chi connectivity index (χ4v) is 4.08. The van der Waals surface area contributed by atoms with Gasteiger partial charge in [0.2, 0.25) is 0 Å². The van der Waals surface area contributed by atoms with Crippen LogP contribution in [-0.2, 0) is 19.1 Å². The summed E-state index contributed by atoms with van der Waals surface area (Å²) in [5, 5.41) is 0. The quantitative estimate of drug-likeness (QED) is 0.402. The van der Waals surface area contributed by atoms with Crippen molar-refractivity contribution >= 4 is 34.5 Å². The SMILES string of the molecule is CCC(I)C(=O)OC1C2CC3C1OC(=O)C3(C(F)(F)F)C2. The van der Waals surface area contributed by atoms with Crippen LogP contribution in [0.4, 0.5) is 13.2 Å². The molecule has 2 bridgehead atoms. The number of hydrogen-bond acceptors (Lipinski definition) is 4. The lowest BCUT2D eigenvalue weighted by Gasteiger charge is -2.33. The summed E-state index contributed by atoms with van der Waals surface area (Å²) in [7, 11) is 0. The summed E-state index contributed by atoms with van der Waals surface area (Å²) in [5.74, 6) is -3.01. The minimum Gasteiger partial charge on any atom is -0.457 e. The van der Waals surface area contributed by atoms with Gasteiger partial charge in [-0.05, 0) is 19.3 Å². The predicted octanol–water partition coefficient (Wildman–Crippen LogP) is 2.63. The molecule has 0 spiro atoms. The third kappa shape index (κ3) is 1.93. The van der Waals surface area contributed by atoms with Gasteiger partial charge in [0.05, 0.1) is 0 Å². The van der Waals surface area contributed by atoms with Gasteiger partial charge in [0.1, 0.15) is 16.1 Å². The zero-order valence-corrected chi connectivity index (χ0v) is 13.3. The molecule has 1 aliphatic heterocycles. The van der Waals surface area contributed by atoms with Crippen LogP contribution in [0.1, 0.15) is 26.2 Å². The number of hydrogen-bond donors (Lipinski definition) is 0. The van der Waals surface area contributed by atoms with E-state index < -0.39 is 47.6 Å². The molecule has 6 unspecified atom stereocenters. The third-order valence-corrected chi connectivity index (χ3v) is 6.33. The van der Waals surface area contributed by atoms with Gasteiger partial charge in [-0.1, -0.05) is 29.5 Å². The molecule has 0 N–H and O–H groups in total. The molecule has 6 atom stereocenters. The lowest BCUT2D eigenvalue weighted by atomic mass is 9.73. The van der Waals surface area contributed by atoms with E-state index in [0.29, 0.717) is 6.42 Å². The Bertz CT molecular complexity index is 494. The van der Waals surface area contributed by atoms with Gasteiger partial charge in [-0.2, -0.15) is 13.2 Å². The summed E-state index contributed by atoms with van der Waals surface area (Å²) < 4.78 is 49.9. The normalized spacial score (nSPS) is 42.0. The second-order valence-electron chi connectivity index (χ2n) is 5.92. The first-order valence-electron chi connectivity index (χ1n) is 6.84. The molecule has 1 saturated heterocycles. The summed E-state index contributed by atoms with van der Waals surface area (Å²) in [6.07, 6.45) is -5.80. The van der Waals surface area contributed by atoms with Gasteiger partial charge < -0.3 is 9.47 Å². The van der Waals surface area contributed by atoms with E-state index in [1.54, 1.807) is 0 Å². The van der Waals surface area contributed by atoms with Crippen molar-refractivity contribution < 1.29 is 32.2 Å². The van der Waals surface area contributed by atoms with Gasteiger partial charge in [-0.25, -0.2) is 0 Å². The maximum Gasteiger partial charge on any atom is 0.405 e. The van der Waals surface area contributed by atoms with Crippen LogP contribution in [0.25, 0.3) is 0 Å². The molecule has 4 nitrogen and oxygen atoms in total. The minimum absolute atomic E-state index is 0.228. The molecule has 3 fully saturated rings. The molecular formula is C13H14F3IO4. The maximum absolute atomic E-state index is 13.3. The Kier molecular flexibility index (Phi) is 3.46. The Morgan fingerprint density at radius 2 is 2.24 bits per heavy atom. The van der Waals surface area contributed by atoms with E-state index in [1.165, 1.54) is 0 Å². The number of alkyl halides is 4. The van der Waals surface area contributed by atoms with Crippen LogP contribution in [0.2, 0.25) is 0 Å². The Labute approximate surface area is 132 Å². The van der Waals surface area contributed by atoms with Crippen molar-refractivity contribution in [3.05, 3.63) is 0 Å². The number of carbonyl (C=O) groups is 2. The van der Waals surface area contributed by atoms with Crippen LogP contribution >= 0.6 is 22.6 Å². The van der Waals surface area contributed by atoms with Crippen molar-refractivity contribution in [1.82, 2.24) is 0 Å². The van der Waals surface area contributed by atoms with Crippen molar-refractivity contribution in [2.45, 2.75) is 48.5 Å². The van der Waals surface area contributed by atoms with Crippen LogP contribution in [0, 0.1) is 17.3 Å². The van der Waals surface area contributed by atoms with E-state index in [1.807, 2.05) is 29.5 Å². The second-order valence-corrected chi connectivity index (χ2v) is 7.43. The molecule has 0 radical (unpaired) electrons. The topological polar surface area (TPSA) is 52.6 Å². The molecule has 3 rings (SSSR count). The summed E-state index contributed by atoms with van der Waals surface area (Å²) in [5.41, 5.74) is -2.38. The molecule has 2 aliphatic carbocycles. The average Bonchev–Trinajstić information content (AvgIpc) is 2.99. The van der Waals surface area contributed by atoms with Crippen molar-refractivity contribution in [3.8, 4) is 0 Å². The third-order valence-electron chi connectivity index (χ3n) is 4.94. The van der Waals surface area contributed by atoms with E-state index in [2.05, 4.69) is 0 Å². The summed E-state index contributed by atoms with van der Waals surface area (Å²) in [6, 6.07) is 0. The molecule has 21 heavy (non-hydrogen) atoms. The number of rotatable bonds is 3. The van der Waals surface area contributed by atoms with Crippen molar-refractivity contribution in [3.63, 3.8) is 0 Å². The molecule has 2 saturated carbocycles. The predicted molar refractivity (Wildman–Crippen MR) is 72.6 cm³/mol. The number of fused-ring (bicyclic) bond motifs is 1. The van der Waals surface area contributed by atoms with Crippen LogP contribution in [0.5, 0.6) is 0 Å². The van der Waals surface area contributed by atoms with E-state index in [-0.39, 0.29) is 16.8 Å². The Balaban J connectivity index is 1.82. The van der Waals surface area contributed by atoms with Crippen molar-refractivity contribution in [2.24, 2.45) is 17.3 Å². The number of ether oxygens (including phenoxy) is 2. The van der Waals surface area contributed by atoms with Crippen LogP contribution in [-0.4, -0.2) is 34.2 Å². The summed E-state index contributed by atoms with van der Waals surface area (Å²) in [6.45, 7) is 1.82. The van der Waals surface area contributed by atoms with Crippen molar-refractivity contribution in [2.75, 3.05) is 0 Å². The monoisotopic (exact) mass is 418 g/mol. The van der Waals surface area contributed by atoms with Crippen LogP contribution in [0.15, 0.2) is 0 Å². The molecular weight excluding hydrogens is 404 g/mol. The highest BCUT2D eigenvalue weighted by molar-refractivity contribution is 14.1. The van der Waals surface area contributed by atoms with Gasteiger partial charge in [0.15, 0.2) is 5.41 Å². The van der Waals surface area contributed by atoms with Crippen LogP contribution in [0.3, 0.4) is 0 Å². The zero-order valence-electron chi connectivity index (χ0n) is 11.2. The molecule has 1 heterocycles.